The summed E-state index contributed by atoms with van der Waals surface area (Å²) in [6, 6.07) is 7.85. The molecule has 118 valence electrons. The molecule has 1 aromatic heterocycles. The van der Waals surface area contributed by atoms with Crippen molar-refractivity contribution in [2.24, 2.45) is 7.05 Å². The molecule has 1 atom stereocenters. The summed E-state index contributed by atoms with van der Waals surface area (Å²) in [7, 11) is 3.50. The molecular formula is C15H20N4O2S. The number of aryl methyl sites for hydroxylation is 1. The summed E-state index contributed by atoms with van der Waals surface area (Å²) < 4.78 is 6.91. The van der Waals surface area contributed by atoms with Gasteiger partial charge >= 0.3 is 0 Å². The summed E-state index contributed by atoms with van der Waals surface area (Å²) in [6.07, 6.45) is 2.41. The van der Waals surface area contributed by atoms with Crippen LogP contribution in [-0.4, -0.2) is 39.6 Å². The number of hydrogen-bond donors (Lipinski definition) is 1. The van der Waals surface area contributed by atoms with Crippen LogP contribution in [0.15, 0.2) is 35.7 Å². The normalized spacial score (nSPS) is 12.0. The largest absolute Gasteiger partial charge is 0.497 e. The Kier molecular flexibility index (Phi) is 5.83. The van der Waals surface area contributed by atoms with Crippen LogP contribution in [0.4, 0.5) is 0 Å². The van der Waals surface area contributed by atoms with Crippen molar-refractivity contribution >= 4 is 17.7 Å². The number of amides is 1. The minimum Gasteiger partial charge on any atom is -0.497 e. The monoisotopic (exact) mass is 320 g/mol. The molecule has 0 aliphatic rings. The van der Waals surface area contributed by atoms with Crippen molar-refractivity contribution in [1.82, 2.24) is 20.1 Å². The Bertz CT molecular complexity index is 612. The Hall–Kier alpha value is -2.02. The fourth-order valence-corrected chi connectivity index (χ4v) is 2.67. The lowest BCUT2D eigenvalue weighted by molar-refractivity contribution is -0.120. The van der Waals surface area contributed by atoms with E-state index in [-0.39, 0.29) is 11.2 Å². The Morgan fingerprint density at radius 3 is 2.73 bits per heavy atom. The first-order valence-corrected chi connectivity index (χ1v) is 7.89. The molecule has 0 aliphatic heterocycles. The van der Waals surface area contributed by atoms with E-state index in [0.29, 0.717) is 6.54 Å². The number of nitrogens with zero attached hydrogens (tertiary/aromatic N) is 3. The van der Waals surface area contributed by atoms with Gasteiger partial charge in [-0.3, -0.25) is 4.79 Å². The van der Waals surface area contributed by atoms with Gasteiger partial charge in [-0.15, -0.1) is 10.2 Å². The molecule has 0 saturated carbocycles. The van der Waals surface area contributed by atoms with E-state index in [1.54, 1.807) is 18.0 Å². The molecule has 7 heteroatoms. The second-order valence-electron chi connectivity index (χ2n) is 4.87. The van der Waals surface area contributed by atoms with Gasteiger partial charge < -0.3 is 14.6 Å². The van der Waals surface area contributed by atoms with Gasteiger partial charge in [0, 0.05) is 13.6 Å². The minimum atomic E-state index is -0.209. The average molecular weight is 320 g/mol. The highest BCUT2D eigenvalue weighted by atomic mass is 32.2. The van der Waals surface area contributed by atoms with Gasteiger partial charge in [0.05, 0.1) is 12.4 Å². The molecule has 0 fully saturated rings. The zero-order valence-corrected chi connectivity index (χ0v) is 13.8. The quantitative estimate of drug-likeness (QED) is 0.786. The van der Waals surface area contributed by atoms with E-state index < -0.39 is 0 Å². The number of methoxy groups -OCH3 is 1. The molecule has 2 rings (SSSR count). The van der Waals surface area contributed by atoms with Crippen LogP contribution in [-0.2, 0) is 18.3 Å². The molecule has 0 spiro atoms. The van der Waals surface area contributed by atoms with Gasteiger partial charge in [0.25, 0.3) is 0 Å². The van der Waals surface area contributed by atoms with Crippen LogP contribution < -0.4 is 10.1 Å². The summed E-state index contributed by atoms with van der Waals surface area (Å²) >= 11 is 1.40. The lowest BCUT2D eigenvalue weighted by atomic mass is 10.1. The first-order chi connectivity index (χ1) is 10.6. The first kappa shape index (κ1) is 16.4. The number of aromatic nitrogens is 3. The van der Waals surface area contributed by atoms with Crippen LogP contribution in [0, 0.1) is 0 Å². The molecule has 0 radical (unpaired) electrons. The lowest BCUT2D eigenvalue weighted by Crippen LogP contribution is -2.32. The number of rotatable bonds is 7. The Labute approximate surface area is 134 Å². The van der Waals surface area contributed by atoms with E-state index in [1.807, 2.05) is 38.2 Å². The van der Waals surface area contributed by atoms with Gasteiger partial charge in [0.1, 0.15) is 12.1 Å². The maximum Gasteiger partial charge on any atom is 0.233 e. The number of nitrogens with one attached hydrogen (secondary N) is 1. The molecule has 2 aromatic rings. The highest BCUT2D eigenvalue weighted by Crippen LogP contribution is 2.19. The predicted octanol–water partition coefficient (Wildman–Crippen LogP) is 1.66. The van der Waals surface area contributed by atoms with Crippen LogP contribution in [0.5, 0.6) is 5.75 Å². The molecule has 1 unspecified atom stereocenters. The molecular weight excluding hydrogens is 300 g/mol. The van der Waals surface area contributed by atoms with Crippen LogP contribution in [0.25, 0.3) is 0 Å². The zero-order chi connectivity index (χ0) is 15.9. The van der Waals surface area contributed by atoms with E-state index in [2.05, 4.69) is 15.5 Å². The van der Waals surface area contributed by atoms with Crippen molar-refractivity contribution < 1.29 is 9.53 Å². The Balaban J connectivity index is 1.75. The van der Waals surface area contributed by atoms with E-state index in [1.165, 1.54) is 11.8 Å². The summed E-state index contributed by atoms with van der Waals surface area (Å²) in [5.41, 5.74) is 1.16. The maximum atomic E-state index is 12.1. The van der Waals surface area contributed by atoms with Gasteiger partial charge in [-0.2, -0.15) is 0 Å². The van der Waals surface area contributed by atoms with Crippen molar-refractivity contribution in [2.45, 2.75) is 23.8 Å². The van der Waals surface area contributed by atoms with Crippen molar-refractivity contribution in [3.63, 3.8) is 0 Å². The van der Waals surface area contributed by atoms with Gasteiger partial charge in [-0.25, -0.2) is 0 Å². The van der Waals surface area contributed by atoms with Crippen molar-refractivity contribution in [3.05, 3.63) is 36.2 Å². The van der Waals surface area contributed by atoms with Crippen LogP contribution in [0.2, 0.25) is 0 Å². The van der Waals surface area contributed by atoms with Crippen molar-refractivity contribution in [2.75, 3.05) is 13.7 Å². The third-order valence-electron chi connectivity index (χ3n) is 3.19. The van der Waals surface area contributed by atoms with E-state index in [4.69, 9.17) is 4.74 Å². The highest BCUT2D eigenvalue weighted by molar-refractivity contribution is 8.00. The maximum absolute atomic E-state index is 12.1. The number of ether oxygens (including phenoxy) is 1. The molecule has 1 aromatic carbocycles. The molecule has 22 heavy (non-hydrogen) atoms. The van der Waals surface area contributed by atoms with Gasteiger partial charge in [-0.1, -0.05) is 23.9 Å². The summed E-state index contributed by atoms with van der Waals surface area (Å²) in [5, 5.41) is 11.2. The van der Waals surface area contributed by atoms with Gasteiger partial charge in [0.15, 0.2) is 5.16 Å². The smallest absolute Gasteiger partial charge is 0.233 e. The van der Waals surface area contributed by atoms with Crippen LogP contribution >= 0.6 is 11.8 Å². The number of hydrogen-bond acceptors (Lipinski definition) is 5. The first-order valence-electron chi connectivity index (χ1n) is 7.01. The molecule has 6 nitrogen and oxygen atoms in total. The van der Waals surface area contributed by atoms with Crippen molar-refractivity contribution in [3.8, 4) is 5.75 Å². The fourth-order valence-electron chi connectivity index (χ4n) is 1.86. The molecule has 1 heterocycles. The molecule has 1 amide bonds. The van der Waals surface area contributed by atoms with Gasteiger partial charge in [0.2, 0.25) is 5.91 Å². The van der Waals surface area contributed by atoms with E-state index in [9.17, 15) is 4.79 Å². The standard InChI is InChI=1S/C15H20N4O2S/c1-11(22-15-18-17-10-19(15)2)14(20)16-9-8-12-4-6-13(21-3)7-5-12/h4-7,10-11H,8-9H2,1-3H3,(H,16,20). The SMILES string of the molecule is COc1ccc(CCNC(=O)C(C)Sc2nncn2C)cc1. The summed E-state index contributed by atoms with van der Waals surface area (Å²) in [6.45, 7) is 2.47. The van der Waals surface area contributed by atoms with E-state index >= 15 is 0 Å². The third kappa shape index (κ3) is 4.49. The molecule has 1 N–H and O–H groups in total. The van der Waals surface area contributed by atoms with Crippen LogP contribution in [0.1, 0.15) is 12.5 Å². The molecule has 0 saturated heterocycles. The third-order valence-corrected chi connectivity index (χ3v) is 4.34. The lowest BCUT2D eigenvalue weighted by Gasteiger charge is -2.11. The second-order valence-corrected chi connectivity index (χ2v) is 6.18. The van der Waals surface area contributed by atoms with Crippen LogP contribution in [0.3, 0.4) is 0 Å². The zero-order valence-electron chi connectivity index (χ0n) is 12.9. The molecule has 0 aliphatic carbocycles. The number of benzene rings is 1. The minimum absolute atomic E-state index is 0.00140. The Morgan fingerprint density at radius 2 is 2.14 bits per heavy atom. The molecule has 0 bridgehead atoms. The predicted molar refractivity (Wildman–Crippen MR) is 86.0 cm³/mol. The van der Waals surface area contributed by atoms with E-state index in [0.717, 1.165) is 22.9 Å². The topological polar surface area (TPSA) is 69.0 Å². The average Bonchev–Trinajstić information content (AvgIpc) is 2.93. The highest BCUT2D eigenvalue weighted by Gasteiger charge is 2.16. The summed E-state index contributed by atoms with van der Waals surface area (Å²) in [4.78, 5) is 12.1. The summed E-state index contributed by atoms with van der Waals surface area (Å²) in [5.74, 6) is 0.836. The fraction of sp³-hybridized carbons (Fsp3) is 0.400. The number of thioether (sulfide) groups is 1. The Morgan fingerprint density at radius 1 is 1.41 bits per heavy atom. The number of carbonyl (C=O) groups excluding carboxylic acids is 1. The van der Waals surface area contributed by atoms with Gasteiger partial charge in [-0.05, 0) is 31.0 Å². The number of carbonyl (C=O) groups is 1. The van der Waals surface area contributed by atoms with Crippen molar-refractivity contribution in [1.29, 1.82) is 0 Å². The second kappa shape index (κ2) is 7.84.